The number of nitrogens with zero attached hydrogens (tertiary/aromatic N) is 1. The van der Waals surface area contributed by atoms with Gasteiger partial charge in [0.2, 0.25) is 5.91 Å². The van der Waals surface area contributed by atoms with Gasteiger partial charge < -0.3 is 4.42 Å². The Balaban J connectivity index is 1.78. The van der Waals surface area contributed by atoms with Crippen molar-refractivity contribution >= 4 is 67.3 Å². The molecule has 1 amide bonds. The third kappa shape index (κ3) is 5.50. The molecule has 4 nitrogen and oxygen atoms in total. The van der Waals surface area contributed by atoms with Crippen molar-refractivity contribution in [2.24, 2.45) is 5.10 Å². The van der Waals surface area contributed by atoms with Crippen LogP contribution in [-0.4, -0.2) is 17.9 Å². The van der Waals surface area contributed by atoms with Crippen LogP contribution >= 0.6 is 55.2 Å². The molecular formula is C13H9Br2ClN2O2S. The standard InChI is InChI=1S/C13H9Br2ClN2O2S/c14-11-5-9(20-13(11)15)6-17-18-12(19)7-21-10-3-1-8(16)2-4-10/h1-6H,7H2,(H,18,19)/b17-6-. The zero-order valence-corrected chi connectivity index (χ0v) is 15.2. The average Bonchev–Trinajstić information content (AvgIpc) is 2.77. The monoisotopic (exact) mass is 450 g/mol. The number of hydrogen-bond donors (Lipinski definition) is 1. The summed E-state index contributed by atoms with van der Waals surface area (Å²) in [5.41, 5.74) is 2.43. The highest BCUT2D eigenvalue weighted by molar-refractivity contribution is 9.13. The first kappa shape index (κ1) is 16.6. The summed E-state index contributed by atoms with van der Waals surface area (Å²) in [6.45, 7) is 0. The summed E-state index contributed by atoms with van der Waals surface area (Å²) < 4.78 is 6.65. The number of rotatable bonds is 5. The summed E-state index contributed by atoms with van der Waals surface area (Å²) in [5, 5.41) is 4.50. The lowest BCUT2D eigenvalue weighted by Gasteiger charge is -2.00. The maximum absolute atomic E-state index is 11.6. The van der Waals surface area contributed by atoms with Crippen LogP contribution in [0, 0.1) is 0 Å². The molecule has 0 radical (unpaired) electrons. The number of carbonyl (C=O) groups is 1. The molecule has 1 aromatic heterocycles. The highest BCUT2D eigenvalue weighted by Crippen LogP contribution is 2.25. The number of nitrogens with one attached hydrogen (secondary N) is 1. The van der Waals surface area contributed by atoms with Gasteiger partial charge in [-0.05, 0) is 56.1 Å². The van der Waals surface area contributed by atoms with Crippen molar-refractivity contribution in [3.63, 3.8) is 0 Å². The van der Waals surface area contributed by atoms with Crippen molar-refractivity contribution in [1.82, 2.24) is 5.43 Å². The number of hydrazone groups is 1. The van der Waals surface area contributed by atoms with E-state index < -0.39 is 0 Å². The second kappa shape index (κ2) is 8.03. The van der Waals surface area contributed by atoms with Gasteiger partial charge >= 0.3 is 0 Å². The number of carbonyl (C=O) groups excluding carboxylic acids is 1. The molecule has 0 aliphatic rings. The van der Waals surface area contributed by atoms with Crippen LogP contribution in [0.3, 0.4) is 0 Å². The fourth-order valence-electron chi connectivity index (χ4n) is 1.31. The zero-order chi connectivity index (χ0) is 15.2. The molecule has 1 heterocycles. The van der Waals surface area contributed by atoms with Crippen molar-refractivity contribution in [3.05, 3.63) is 50.3 Å². The maximum Gasteiger partial charge on any atom is 0.250 e. The molecule has 1 aromatic carbocycles. The summed E-state index contributed by atoms with van der Waals surface area (Å²) >= 11 is 13.7. The summed E-state index contributed by atoms with van der Waals surface area (Å²) in [4.78, 5) is 12.6. The quantitative estimate of drug-likeness (QED) is 0.406. The van der Waals surface area contributed by atoms with Crippen molar-refractivity contribution in [2.75, 3.05) is 5.75 Å². The van der Waals surface area contributed by atoms with Crippen LogP contribution in [0.15, 0.2) is 53.9 Å². The minimum absolute atomic E-state index is 0.198. The van der Waals surface area contributed by atoms with Gasteiger partial charge in [-0.1, -0.05) is 11.6 Å². The topological polar surface area (TPSA) is 54.6 Å². The van der Waals surface area contributed by atoms with E-state index in [0.29, 0.717) is 15.5 Å². The first-order valence-corrected chi connectivity index (χ1v) is 8.64. The largest absolute Gasteiger partial charge is 0.447 e. The van der Waals surface area contributed by atoms with Gasteiger partial charge in [0.1, 0.15) is 5.76 Å². The van der Waals surface area contributed by atoms with Crippen LogP contribution in [0.5, 0.6) is 0 Å². The van der Waals surface area contributed by atoms with E-state index in [-0.39, 0.29) is 11.7 Å². The maximum atomic E-state index is 11.6. The summed E-state index contributed by atoms with van der Waals surface area (Å²) in [7, 11) is 0. The molecule has 0 aliphatic carbocycles. The Bertz CT molecular complexity index is 639. The van der Waals surface area contributed by atoms with Gasteiger partial charge in [-0.3, -0.25) is 4.79 Å². The van der Waals surface area contributed by atoms with Gasteiger partial charge in [0, 0.05) is 16.0 Å². The third-order valence-corrected chi connectivity index (χ3v) is 5.20. The minimum atomic E-state index is -0.198. The molecule has 0 aliphatic heterocycles. The third-order valence-electron chi connectivity index (χ3n) is 2.23. The van der Waals surface area contributed by atoms with E-state index in [2.05, 4.69) is 42.4 Å². The molecule has 0 saturated heterocycles. The Morgan fingerprint density at radius 3 is 2.71 bits per heavy atom. The number of furan rings is 1. The van der Waals surface area contributed by atoms with Gasteiger partial charge in [0.05, 0.1) is 16.4 Å². The second-order valence-electron chi connectivity index (χ2n) is 3.81. The van der Waals surface area contributed by atoms with E-state index in [1.165, 1.54) is 18.0 Å². The van der Waals surface area contributed by atoms with Crippen LogP contribution in [-0.2, 0) is 4.79 Å². The smallest absolute Gasteiger partial charge is 0.250 e. The lowest BCUT2D eigenvalue weighted by Crippen LogP contribution is -2.19. The van der Waals surface area contributed by atoms with Crippen LogP contribution in [0.25, 0.3) is 0 Å². The highest BCUT2D eigenvalue weighted by atomic mass is 79.9. The summed E-state index contributed by atoms with van der Waals surface area (Å²) in [6, 6.07) is 9.03. The van der Waals surface area contributed by atoms with Gasteiger partial charge in [-0.2, -0.15) is 5.10 Å². The van der Waals surface area contributed by atoms with Crippen LogP contribution in [0.1, 0.15) is 5.76 Å². The molecule has 0 spiro atoms. The van der Waals surface area contributed by atoms with Crippen molar-refractivity contribution < 1.29 is 9.21 Å². The van der Waals surface area contributed by atoms with Crippen LogP contribution in [0.4, 0.5) is 0 Å². The normalized spacial score (nSPS) is 11.0. The molecule has 8 heteroatoms. The Morgan fingerprint density at radius 2 is 2.10 bits per heavy atom. The summed E-state index contributed by atoms with van der Waals surface area (Å²) in [6.07, 6.45) is 1.43. The fraction of sp³-hybridized carbons (Fsp3) is 0.0769. The van der Waals surface area contributed by atoms with Gasteiger partial charge in [-0.25, -0.2) is 5.43 Å². The Kier molecular flexibility index (Phi) is 6.35. The molecule has 0 unspecified atom stereocenters. The van der Waals surface area contributed by atoms with E-state index in [0.717, 1.165) is 9.37 Å². The lowest BCUT2D eigenvalue weighted by molar-refractivity contribution is -0.118. The molecule has 1 N–H and O–H groups in total. The number of amides is 1. The summed E-state index contributed by atoms with van der Waals surface area (Å²) in [5.74, 6) is 0.597. The van der Waals surface area contributed by atoms with Gasteiger partial charge in [0.25, 0.3) is 0 Å². The fourth-order valence-corrected chi connectivity index (χ4v) is 2.73. The second-order valence-corrected chi connectivity index (χ2v) is 6.87. The molecular weight excluding hydrogens is 443 g/mol. The molecule has 0 fully saturated rings. The zero-order valence-electron chi connectivity index (χ0n) is 10.5. The molecule has 21 heavy (non-hydrogen) atoms. The van der Waals surface area contributed by atoms with E-state index in [1.807, 2.05) is 12.1 Å². The minimum Gasteiger partial charge on any atom is -0.447 e. The SMILES string of the molecule is O=C(CSc1ccc(Cl)cc1)N/N=C\c1cc(Br)c(Br)o1. The number of thioether (sulfide) groups is 1. The molecule has 0 bridgehead atoms. The first-order chi connectivity index (χ1) is 10.0. The molecule has 110 valence electrons. The molecule has 2 rings (SSSR count). The van der Waals surface area contributed by atoms with E-state index >= 15 is 0 Å². The van der Waals surface area contributed by atoms with Crippen molar-refractivity contribution in [2.45, 2.75) is 4.90 Å². The predicted molar refractivity (Wildman–Crippen MR) is 92.0 cm³/mol. The van der Waals surface area contributed by atoms with Gasteiger partial charge in [-0.15, -0.1) is 11.8 Å². The van der Waals surface area contributed by atoms with Crippen molar-refractivity contribution in [1.29, 1.82) is 0 Å². The average molecular weight is 453 g/mol. The van der Waals surface area contributed by atoms with Crippen LogP contribution < -0.4 is 5.43 Å². The van der Waals surface area contributed by atoms with Crippen LogP contribution in [0.2, 0.25) is 5.02 Å². The molecule has 0 saturated carbocycles. The number of benzene rings is 1. The first-order valence-electron chi connectivity index (χ1n) is 5.69. The Morgan fingerprint density at radius 1 is 1.38 bits per heavy atom. The van der Waals surface area contributed by atoms with E-state index in [1.54, 1.807) is 18.2 Å². The Labute approximate surface area is 147 Å². The molecule has 2 aromatic rings. The Hall–Kier alpha value is -0.760. The lowest BCUT2D eigenvalue weighted by atomic mass is 10.4. The van der Waals surface area contributed by atoms with E-state index in [9.17, 15) is 4.79 Å². The van der Waals surface area contributed by atoms with Crippen molar-refractivity contribution in [3.8, 4) is 0 Å². The highest BCUT2D eigenvalue weighted by Gasteiger charge is 2.04. The van der Waals surface area contributed by atoms with E-state index in [4.69, 9.17) is 16.0 Å². The molecule has 0 atom stereocenters. The number of hydrogen-bond acceptors (Lipinski definition) is 4. The predicted octanol–water partition coefficient (Wildman–Crippen LogP) is 4.70. The number of halogens is 3. The van der Waals surface area contributed by atoms with Gasteiger partial charge in [0.15, 0.2) is 4.67 Å².